The number of furan rings is 1. The molecule has 0 N–H and O–H groups in total. The average molecular weight is 754 g/mol. The Hall–Kier alpha value is -7.95. The molecule has 2 heterocycles. The zero-order valence-electron chi connectivity index (χ0n) is 32.0. The first kappa shape index (κ1) is 34.3. The highest BCUT2D eigenvalue weighted by molar-refractivity contribution is 6.17. The van der Waals surface area contributed by atoms with E-state index >= 15 is 0 Å². The molecule has 276 valence electrons. The van der Waals surface area contributed by atoms with Crippen molar-refractivity contribution in [2.75, 3.05) is 0 Å². The lowest BCUT2D eigenvalue weighted by atomic mass is 9.95. The molecule has 0 unspecified atom stereocenters. The first-order chi connectivity index (χ1) is 29.2. The van der Waals surface area contributed by atoms with Gasteiger partial charge in [0, 0.05) is 38.4 Å². The summed E-state index contributed by atoms with van der Waals surface area (Å²) in [6.45, 7) is 0. The quantitative estimate of drug-likeness (QED) is 0.163. The average Bonchev–Trinajstić information content (AvgIpc) is 3.72. The van der Waals surface area contributed by atoms with Gasteiger partial charge in [-0.1, -0.05) is 188 Å². The van der Waals surface area contributed by atoms with E-state index in [2.05, 4.69) is 176 Å². The van der Waals surface area contributed by atoms with Gasteiger partial charge in [0.05, 0.1) is 0 Å². The molecule has 2 aromatic heterocycles. The van der Waals surface area contributed by atoms with E-state index in [0.29, 0.717) is 17.5 Å². The van der Waals surface area contributed by atoms with Crippen LogP contribution in [0, 0.1) is 0 Å². The third kappa shape index (κ3) is 6.43. The Bertz CT molecular complexity index is 3320. The molecular formula is C55H35N3O. The second-order valence-electron chi connectivity index (χ2n) is 14.8. The number of para-hydroxylation sites is 1. The van der Waals surface area contributed by atoms with E-state index in [0.717, 1.165) is 83.0 Å². The summed E-state index contributed by atoms with van der Waals surface area (Å²) in [4.78, 5) is 15.1. The minimum atomic E-state index is 0.624. The molecule has 0 atom stereocenters. The van der Waals surface area contributed by atoms with Gasteiger partial charge in [-0.05, 0) is 68.6 Å². The summed E-state index contributed by atoms with van der Waals surface area (Å²) in [6.07, 6.45) is 0. The summed E-state index contributed by atoms with van der Waals surface area (Å²) in [5.41, 5.74) is 13.6. The molecule has 11 aromatic rings. The van der Waals surface area contributed by atoms with Crippen LogP contribution in [0.5, 0.6) is 0 Å². The normalized spacial score (nSPS) is 11.4. The molecular weight excluding hydrogens is 719 g/mol. The molecule has 0 amide bonds. The predicted octanol–water partition coefficient (Wildman–Crippen LogP) is 14.6. The van der Waals surface area contributed by atoms with Crippen molar-refractivity contribution in [1.29, 1.82) is 0 Å². The van der Waals surface area contributed by atoms with Crippen molar-refractivity contribution >= 4 is 32.7 Å². The second kappa shape index (κ2) is 14.5. The summed E-state index contributed by atoms with van der Waals surface area (Å²) in [5, 5.41) is 4.56. The summed E-state index contributed by atoms with van der Waals surface area (Å²) >= 11 is 0. The van der Waals surface area contributed by atoms with Crippen LogP contribution in [0.3, 0.4) is 0 Å². The highest BCUT2D eigenvalue weighted by atomic mass is 16.3. The fourth-order valence-corrected chi connectivity index (χ4v) is 8.13. The van der Waals surface area contributed by atoms with Gasteiger partial charge >= 0.3 is 0 Å². The van der Waals surface area contributed by atoms with Gasteiger partial charge < -0.3 is 4.42 Å². The number of aromatic nitrogens is 3. The van der Waals surface area contributed by atoms with E-state index < -0.39 is 0 Å². The molecule has 0 radical (unpaired) electrons. The van der Waals surface area contributed by atoms with E-state index in [-0.39, 0.29) is 0 Å². The van der Waals surface area contributed by atoms with Gasteiger partial charge in [0.1, 0.15) is 11.2 Å². The molecule has 9 aromatic carbocycles. The van der Waals surface area contributed by atoms with Crippen molar-refractivity contribution < 1.29 is 4.42 Å². The molecule has 0 fully saturated rings. The van der Waals surface area contributed by atoms with Crippen LogP contribution in [0.4, 0.5) is 0 Å². The minimum Gasteiger partial charge on any atom is -0.455 e. The summed E-state index contributed by atoms with van der Waals surface area (Å²) in [6, 6.07) is 74.1. The summed E-state index contributed by atoms with van der Waals surface area (Å²) in [5.74, 6) is 1.89. The van der Waals surface area contributed by atoms with Crippen LogP contribution in [0.15, 0.2) is 217 Å². The van der Waals surface area contributed by atoms with Gasteiger partial charge in [-0.25, -0.2) is 15.0 Å². The Morgan fingerprint density at radius 1 is 0.254 bits per heavy atom. The molecule has 4 nitrogen and oxygen atoms in total. The fraction of sp³-hybridized carbons (Fsp3) is 0. The van der Waals surface area contributed by atoms with Crippen LogP contribution < -0.4 is 0 Å². The third-order valence-corrected chi connectivity index (χ3v) is 11.1. The topological polar surface area (TPSA) is 51.8 Å². The standard InChI is InChI=1S/C55H35N3O/c1-3-13-36(14-4-1)37-27-29-40(30-28-37)54-56-53(39-16-5-2-6-17-39)57-55(58-54)46-23-11-21-44(35-46)42-19-9-18-41(33-42)43-20-10-22-45(34-43)48-25-12-26-49-50-32-31-38-15-7-8-24-47(38)51(50)59-52(48)49/h1-35H. The number of hydrogen-bond donors (Lipinski definition) is 0. The maximum Gasteiger partial charge on any atom is 0.164 e. The lowest BCUT2D eigenvalue weighted by molar-refractivity contribution is 0.674. The van der Waals surface area contributed by atoms with Crippen molar-refractivity contribution in [3.05, 3.63) is 212 Å². The molecule has 0 aliphatic rings. The van der Waals surface area contributed by atoms with Crippen molar-refractivity contribution in [2.45, 2.75) is 0 Å². The smallest absolute Gasteiger partial charge is 0.164 e. The Morgan fingerprint density at radius 2 is 0.678 bits per heavy atom. The van der Waals surface area contributed by atoms with Gasteiger partial charge in [-0.15, -0.1) is 0 Å². The van der Waals surface area contributed by atoms with Crippen molar-refractivity contribution in [1.82, 2.24) is 15.0 Å². The van der Waals surface area contributed by atoms with Gasteiger partial charge in [0.2, 0.25) is 0 Å². The molecule has 59 heavy (non-hydrogen) atoms. The number of fused-ring (bicyclic) bond motifs is 5. The SMILES string of the molecule is c1ccc(-c2ccc(-c3nc(-c4ccccc4)nc(-c4cccc(-c5cccc(-c6cccc(-c7cccc8c7oc7c9ccccc9ccc87)c6)c5)c4)n3)cc2)cc1. The minimum absolute atomic E-state index is 0.624. The maximum atomic E-state index is 6.69. The van der Waals surface area contributed by atoms with E-state index in [1.165, 1.54) is 10.9 Å². The molecule has 0 aliphatic heterocycles. The molecule has 0 saturated carbocycles. The van der Waals surface area contributed by atoms with Gasteiger partial charge in [-0.3, -0.25) is 0 Å². The molecule has 11 rings (SSSR count). The van der Waals surface area contributed by atoms with E-state index in [4.69, 9.17) is 19.4 Å². The van der Waals surface area contributed by atoms with Crippen molar-refractivity contribution in [3.63, 3.8) is 0 Å². The first-order valence-corrected chi connectivity index (χ1v) is 19.8. The Kier molecular flexibility index (Phi) is 8.45. The predicted molar refractivity (Wildman–Crippen MR) is 243 cm³/mol. The number of nitrogens with zero attached hydrogens (tertiary/aromatic N) is 3. The molecule has 0 saturated heterocycles. The third-order valence-electron chi connectivity index (χ3n) is 11.1. The monoisotopic (exact) mass is 753 g/mol. The highest BCUT2D eigenvalue weighted by Crippen LogP contribution is 2.40. The van der Waals surface area contributed by atoms with Gasteiger partial charge in [0.25, 0.3) is 0 Å². The lowest BCUT2D eigenvalue weighted by Crippen LogP contribution is -2.00. The second-order valence-corrected chi connectivity index (χ2v) is 14.8. The molecule has 0 spiro atoms. The van der Waals surface area contributed by atoms with Crippen LogP contribution in [-0.2, 0) is 0 Å². The molecule has 4 heteroatoms. The number of hydrogen-bond acceptors (Lipinski definition) is 4. The Morgan fingerprint density at radius 3 is 1.36 bits per heavy atom. The Labute approximate surface area is 341 Å². The van der Waals surface area contributed by atoms with Crippen molar-refractivity contribution in [2.24, 2.45) is 0 Å². The van der Waals surface area contributed by atoms with E-state index in [1.807, 2.05) is 36.4 Å². The number of rotatable bonds is 7. The van der Waals surface area contributed by atoms with Crippen molar-refractivity contribution in [3.8, 4) is 78.7 Å². The lowest BCUT2D eigenvalue weighted by Gasteiger charge is -2.11. The van der Waals surface area contributed by atoms with Crippen LogP contribution in [0.1, 0.15) is 0 Å². The first-order valence-electron chi connectivity index (χ1n) is 19.8. The number of benzene rings is 9. The Balaban J connectivity index is 0.948. The summed E-state index contributed by atoms with van der Waals surface area (Å²) in [7, 11) is 0. The zero-order valence-corrected chi connectivity index (χ0v) is 32.0. The largest absolute Gasteiger partial charge is 0.455 e. The maximum absolute atomic E-state index is 6.69. The van der Waals surface area contributed by atoms with Crippen LogP contribution in [0.25, 0.3) is 111 Å². The van der Waals surface area contributed by atoms with E-state index in [9.17, 15) is 0 Å². The van der Waals surface area contributed by atoms with Crippen LogP contribution in [0.2, 0.25) is 0 Å². The summed E-state index contributed by atoms with van der Waals surface area (Å²) < 4.78 is 6.69. The van der Waals surface area contributed by atoms with Crippen LogP contribution in [-0.4, -0.2) is 15.0 Å². The molecule has 0 aliphatic carbocycles. The van der Waals surface area contributed by atoms with Crippen LogP contribution >= 0.6 is 0 Å². The fourth-order valence-electron chi connectivity index (χ4n) is 8.13. The van der Waals surface area contributed by atoms with E-state index in [1.54, 1.807) is 0 Å². The molecule has 0 bridgehead atoms. The van der Waals surface area contributed by atoms with Gasteiger partial charge in [0.15, 0.2) is 17.5 Å². The highest BCUT2D eigenvalue weighted by Gasteiger charge is 2.16. The van der Waals surface area contributed by atoms with Gasteiger partial charge in [-0.2, -0.15) is 0 Å². The zero-order chi connectivity index (χ0) is 39.1.